The number of piperazine rings is 1. The van der Waals surface area contributed by atoms with Crippen LogP contribution < -0.4 is 32.3 Å². The van der Waals surface area contributed by atoms with Gasteiger partial charge in [0.25, 0.3) is 0 Å². The number of nitrogens with one attached hydrogen (secondary N) is 4. The number of hydrogen-bond donors (Lipinski definition) is 5. The van der Waals surface area contributed by atoms with Crippen molar-refractivity contribution in [2.24, 2.45) is 17.6 Å². The number of aromatic amines is 1. The Morgan fingerprint density at radius 2 is 1.52 bits per heavy atom. The van der Waals surface area contributed by atoms with Gasteiger partial charge in [-0.1, -0.05) is 41.6 Å². The van der Waals surface area contributed by atoms with E-state index in [1.165, 1.54) is 5.69 Å². The van der Waals surface area contributed by atoms with E-state index < -0.39 is 11.8 Å². The molecule has 1 aliphatic heterocycles. The molecule has 6 rings (SSSR count). The Hall–Kier alpha value is -4.74. The van der Waals surface area contributed by atoms with Crippen LogP contribution in [-0.2, 0) is 16.0 Å². The second-order valence-corrected chi connectivity index (χ2v) is 12.2. The number of H-pyrrole nitrogens is 1. The van der Waals surface area contributed by atoms with Gasteiger partial charge in [0.1, 0.15) is 6.04 Å². The van der Waals surface area contributed by atoms with Gasteiger partial charge in [-0.2, -0.15) is 0 Å². The van der Waals surface area contributed by atoms with E-state index in [9.17, 15) is 14.4 Å². The molecule has 2 fully saturated rings. The molecular weight excluding hydrogens is 582 g/mol. The number of amides is 2. The molecule has 1 aliphatic carbocycles. The Labute approximate surface area is 267 Å². The highest BCUT2D eigenvalue weighted by Gasteiger charge is 2.29. The van der Waals surface area contributed by atoms with Crippen molar-refractivity contribution in [2.75, 3.05) is 42.9 Å². The first kappa shape index (κ1) is 31.3. The molecule has 2 aliphatic rings. The average Bonchev–Trinajstić information content (AvgIpc) is 3.55. The Bertz CT molecular complexity index is 1650. The lowest BCUT2D eigenvalue weighted by atomic mass is 9.81. The predicted molar refractivity (Wildman–Crippen MR) is 178 cm³/mol. The lowest BCUT2D eigenvalue weighted by Crippen LogP contribution is -2.48. The fraction of sp³-hybridized carbons (Fsp3) is 0.371. The third kappa shape index (κ3) is 7.72. The maximum absolute atomic E-state index is 13.6. The maximum atomic E-state index is 13.6. The van der Waals surface area contributed by atoms with E-state index in [1.807, 2.05) is 12.1 Å². The van der Waals surface area contributed by atoms with Crippen molar-refractivity contribution in [1.29, 1.82) is 0 Å². The molecule has 1 saturated heterocycles. The number of aromatic nitrogens is 2. The van der Waals surface area contributed by atoms with E-state index in [2.05, 4.69) is 71.9 Å². The largest absolute Gasteiger partial charge is 0.439 e. The highest BCUT2D eigenvalue weighted by molar-refractivity contribution is 5.97. The molecule has 1 atom stereocenters. The number of anilines is 2. The quantitative estimate of drug-likeness (QED) is 0.180. The Morgan fingerprint density at radius 3 is 2.13 bits per heavy atom. The molecular formula is C35H41N7O4. The summed E-state index contributed by atoms with van der Waals surface area (Å²) in [5.74, 6) is -0.414. The first-order chi connectivity index (χ1) is 22.4. The van der Waals surface area contributed by atoms with Crippen molar-refractivity contribution in [3.8, 4) is 22.5 Å². The van der Waals surface area contributed by atoms with E-state index in [0.29, 0.717) is 36.0 Å². The number of carbonyl (C=O) groups is 2. The van der Waals surface area contributed by atoms with Gasteiger partial charge >= 0.3 is 5.76 Å². The average molecular weight is 624 g/mol. The SMILES string of the molecule is NC[C@H]1CC[C@H](C(=O)N[C@@H](Cc2ccc(-c3ccc(N4CCNCC4)cc3)cc2)C(=O)Nc2ccc(-c3noc(=O)[nH]3)cc2)CC1. The molecule has 240 valence electrons. The second kappa shape index (κ2) is 14.6. The van der Waals surface area contributed by atoms with Crippen molar-refractivity contribution in [3.63, 3.8) is 0 Å². The van der Waals surface area contributed by atoms with Gasteiger partial charge in [-0.15, -0.1) is 0 Å². The van der Waals surface area contributed by atoms with Crippen LogP contribution in [0.25, 0.3) is 22.5 Å². The molecule has 0 spiro atoms. The van der Waals surface area contributed by atoms with Crippen LogP contribution >= 0.6 is 0 Å². The smallest absolute Gasteiger partial charge is 0.369 e. The van der Waals surface area contributed by atoms with Gasteiger partial charge in [0.2, 0.25) is 11.8 Å². The first-order valence-electron chi connectivity index (χ1n) is 16.1. The minimum atomic E-state index is -0.768. The van der Waals surface area contributed by atoms with Gasteiger partial charge in [-0.3, -0.25) is 19.1 Å². The number of carbonyl (C=O) groups excluding carboxylic acids is 2. The molecule has 46 heavy (non-hydrogen) atoms. The lowest BCUT2D eigenvalue weighted by Gasteiger charge is -2.29. The Kier molecular flexibility index (Phi) is 9.90. The molecule has 4 aromatic rings. The van der Waals surface area contributed by atoms with Crippen LogP contribution in [0.5, 0.6) is 0 Å². The normalized spacial score (nSPS) is 18.9. The van der Waals surface area contributed by atoms with Crippen LogP contribution in [0.1, 0.15) is 31.2 Å². The summed E-state index contributed by atoms with van der Waals surface area (Å²) in [6, 6.07) is 22.9. The Balaban J connectivity index is 1.14. The molecule has 3 aromatic carbocycles. The number of benzene rings is 3. The number of nitrogens with zero attached hydrogens (tertiary/aromatic N) is 2. The van der Waals surface area contributed by atoms with E-state index in [4.69, 9.17) is 5.73 Å². The zero-order chi connectivity index (χ0) is 31.9. The van der Waals surface area contributed by atoms with Crippen LogP contribution in [-0.4, -0.2) is 60.7 Å². The predicted octanol–water partition coefficient (Wildman–Crippen LogP) is 3.54. The van der Waals surface area contributed by atoms with Crippen LogP contribution in [0.4, 0.5) is 11.4 Å². The Morgan fingerprint density at radius 1 is 0.891 bits per heavy atom. The monoisotopic (exact) mass is 623 g/mol. The number of nitrogens with two attached hydrogens (primary N) is 1. The molecule has 0 radical (unpaired) electrons. The van der Waals surface area contributed by atoms with Gasteiger partial charge < -0.3 is 26.6 Å². The van der Waals surface area contributed by atoms with Crippen molar-refractivity contribution in [2.45, 2.75) is 38.1 Å². The van der Waals surface area contributed by atoms with E-state index in [1.54, 1.807) is 24.3 Å². The van der Waals surface area contributed by atoms with Crippen molar-refractivity contribution in [3.05, 3.63) is 88.9 Å². The van der Waals surface area contributed by atoms with Crippen molar-refractivity contribution in [1.82, 2.24) is 20.8 Å². The van der Waals surface area contributed by atoms with E-state index in [0.717, 1.165) is 68.6 Å². The summed E-state index contributed by atoms with van der Waals surface area (Å²) in [5, 5.41) is 13.1. The number of hydrogen-bond acceptors (Lipinski definition) is 8. The summed E-state index contributed by atoms with van der Waals surface area (Å²) in [7, 11) is 0. The molecule has 1 aromatic heterocycles. The molecule has 11 nitrogen and oxygen atoms in total. The van der Waals surface area contributed by atoms with E-state index in [-0.39, 0.29) is 17.7 Å². The summed E-state index contributed by atoms with van der Waals surface area (Å²) in [5.41, 5.74) is 11.4. The van der Waals surface area contributed by atoms with Crippen molar-refractivity contribution < 1.29 is 14.1 Å². The summed E-state index contributed by atoms with van der Waals surface area (Å²) < 4.78 is 4.58. The maximum Gasteiger partial charge on any atom is 0.439 e. The van der Waals surface area contributed by atoms with Gasteiger partial charge in [0, 0.05) is 55.5 Å². The topological polar surface area (TPSA) is 158 Å². The van der Waals surface area contributed by atoms with Crippen LogP contribution in [0.15, 0.2) is 82.1 Å². The van der Waals surface area contributed by atoms with E-state index >= 15 is 0 Å². The van der Waals surface area contributed by atoms with Gasteiger partial charge in [-0.25, -0.2) is 4.79 Å². The molecule has 2 amide bonds. The molecule has 6 N–H and O–H groups in total. The summed E-state index contributed by atoms with van der Waals surface area (Å²) >= 11 is 0. The fourth-order valence-electron chi connectivity index (χ4n) is 6.31. The third-order valence-corrected chi connectivity index (χ3v) is 9.13. The zero-order valence-corrected chi connectivity index (χ0v) is 25.8. The van der Waals surface area contributed by atoms with Gasteiger partial charge in [0.15, 0.2) is 5.82 Å². The molecule has 1 saturated carbocycles. The summed E-state index contributed by atoms with van der Waals surface area (Å²) in [6.07, 6.45) is 3.74. The van der Waals surface area contributed by atoms with Crippen molar-refractivity contribution >= 4 is 23.2 Å². The highest BCUT2D eigenvalue weighted by Crippen LogP contribution is 2.29. The minimum Gasteiger partial charge on any atom is -0.369 e. The summed E-state index contributed by atoms with van der Waals surface area (Å²) in [4.78, 5) is 43.2. The number of rotatable bonds is 10. The first-order valence-corrected chi connectivity index (χ1v) is 16.1. The molecule has 11 heteroatoms. The zero-order valence-electron chi connectivity index (χ0n) is 25.8. The standard InChI is InChI=1S/C35H41N7O4/c36-22-24-3-7-28(8-4-24)33(43)39-31(34(44)38-29-13-9-27(10-14-29)32-40-35(45)46-41-32)21-23-1-5-25(6-2-23)26-11-15-30(16-12-26)42-19-17-37-18-20-42/h1-2,5-6,9-16,24,28,31,37H,3-4,7-8,17-22,36H2,(H,38,44)(H,39,43)(H,40,41,45)/t24-,28-,31-/m0/s1. The van der Waals surface area contributed by atoms with Crippen LogP contribution in [0.2, 0.25) is 0 Å². The fourth-order valence-corrected chi connectivity index (χ4v) is 6.31. The minimum absolute atomic E-state index is 0.0952. The lowest BCUT2D eigenvalue weighted by molar-refractivity contribution is -0.130. The third-order valence-electron chi connectivity index (χ3n) is 9.13. The molecule has 0 unspecified atom stereocenters. The highest BCUT2D eigenvalue weighted by atomic mass is 16.5. The van der Waals surface area contributed by atoms with Gasteiger partial charge in [-0.05, 0) is 91.2 Å². The summed E-state index contributed by atoms with van der Waals surface area (Å²) in [6.45, 7) is 4.64. The molecule has 2 heterocycles. The van der Waals surface area contributed by atoms with Crippen LogP contribution in [0.3, 0.4) is 0 Å². The van der Waals surface area contributed by atoms with Gasteiger partial charge in [0.05, 0.1) is 0 Å². The second-order valence-electron chi connectivity index (χ2n) is 12.2. The van der Waals surface area contributed by atoms with Crippen LogP contribution in [0, 0.1) is 11.8 Å². The molecule has 0 bridgehead atoms.